The normalized spacial score (nSPS) is 12.9. The molecule has 0 saturated heterocycles. The minimum absolute atomic E-state index is 0.0274. The van der Waals surface area contributed by atoms with Crippen molar-refractivity contribution in [2.24, 2.45) is 0 Å². The third kappa shape index (κ3) is 2.53. The monoisotopic (exact) mass is 336 g/mol. The Bertz CT molecular complexity index is 968. The van der Waals surface area contributed by atoms with E-state index in [1.54, 1.807) is 30.5 Å². The molecule has 8 nitrogen and oxygen atoms in total. The van der Waals surface area contributed by atoms with E-state index in [0.29, 0.717) is 35.6 Å². The molecule has 8 heteroatoms. The first kappa shape index (κ1) is 15.0. The van der Waals surface area contributed by atoms with Crippen molar-refractivity contribution in [1.82, 2.24) is 10.1 Å². The molecular weight excluding hydrogens is 324 g/mol. The fourth-order valence-electron chi connectivity index (χ4n) is 2.94. The zero-order chi connectivity index (χ0) is 17.4. The Labute approximate surface area is 141 Å². The number of hydrogen-bond acceptors (Lipinski definition) is 6. The second-order valence-corrected chi connectivity index (χ2v) is 5.53. The zero-order valence-corrected chi connectivity index (χ0v) is 13.0. The first-order valence-electron chi connectivity index (χ1n) is 7.61. The van der Waals surface area contributed by atoms with Crippen LogP contribution in [0, 0.1) is 10.1 Å². The fourth-order valence-corrected chi connectivity index (χ4v) is 2.94. The van der Waals surface area contributed by atoms with Crippen LogP contribution in [0.15, 0.2) is 53.2 Å². The topological polar surface area (TPSA) is 102 Å². The van der Waals surface area contributed by atoms with Crippen molar-refractivity contribution in [2.75, 3.05) is 11.4 Å². The fraction of sp³-hybridized carbons (Fsp3) is 0.118. The summed E-state index contributed by atoms with van der Waals surface area (Å²) in [6.07, 6.45) is 2.06. The number of carbonyl (C=O) groups is 1. The number of fused-ring (bicyclic) bond motifs is 1. The molecule has 1 amide bonds. The van der Waals surface area contributed by atoms with E-state index >= 15 is 0 Å². The van der Waals surface area contributed by atoms with Gasteiger partial charge in [0.25, 0.3) is 11.6 Å². The number of benzene rings is 1. The number of amides is 1. The van der Waals surface area contributed by atoms with Crippen molar-refractivity contribution in [3.05, 3.63) is 70.1 Å². The van der Waals surface area contributed by atoms with Crippen LogP contribution in [0.5, 0.6) is 0 Å². The molecule has 0 unspecified atom stereocenters. The van der Waals surface area contributed by atoms with Crippen molar-refractivity contribution in [2.45, 2.75) is 6.42 Å². The van der Waals surface area contributed by atoms with Crippen LogP contribution in [-0.4, -0.2) is 27.5 Å². The Balaban J connectivity index is 1.65. The third-order valence-electron chi connectivity index (χ3n) is 4.09. The van der Waals surface area contributed by atoms with Crippen molar-refractivity contribution < 1.29 is 14.2 Å². The van der Waals surface area contributed by atoms with Gasteiger partial charge in [-0.1, -0.05) is 17.3 Å². The number of anilines is 1. The molecular formula is C17H12N4O4. The van der Waals surface area contributed by atoms with Crippen molar-refractivity contribution in [3.63, 3.8) is 0 Å². The summed E-state index contributed by atoms with van der Waals surface area (Å²) in [6.45, 7) is 0.360. The second kappa shape index (κ2) is 5.82. The Morgan fingerprint density at radius 3 is 2.84 bits per heavy atom. The molecule has 4 rings (SSSR count). The lowest BCUT2D eigenvalue weighted by Crippen LogP contribution is -2.28. The highest BCUT2D eigenvalue weighted by molar-refractivity contribution is 6.06. The van der Waals surface area contributed by atoms with Gasteiger partial charge in [0.2, 0.25) is 5.76 Å². The van der Waals surface area contributed by atoms with Gasteiger partial charge in [-0.3, -0.25) is 19.9 Å². The van der Waals surface area contributed by atoms with Gasteiger partial charge in [-0.2, -0.15) is 0 Å². The number of pyridine rings is 1. The maximum absolute atomic E-state index is 12.7. The van der Waals surface area contributed by atoms with Crippen LogP contribution in [0.2, 0.25) is 0 Å². The summed E-state index contributed by atoms with van der Waals surface area (Å²) in [7, 11) is 0. The highest BCUT2D eigenvalue weighted by atomic mass is 16.6. The van der Waals surface area contributed by atoms with Gasteiger partial charge in [0.05, 0.1) is 21.9 Å². The van der Waals surface area contributed by atoms with E-state index in [2.05, 4.69) is 10.1 Å². The summed E-state index contributed by atoms with van der Waals surface area (Å²) in [5, 5.41) is 15.0. The van der Waals surface area contributed by atoms with Gasteiger partial charge < -0.3 is 9.42 Å². The number of nitro groups is 1. The molecule has 3 aromatic rings. The molecule has 0 fully saturated rings. The Morgan fingerprint density at radius 1 is 1.20 bits per heavy atom. The van der Waals surface area contributed by atoms with Crippen LogP contribution >= 0.6 is 0 Å². The zero-order valence-electron chi connectivity index (χ0n) is 13.0. The van der Waals surface area contributed by atoms with Crippen LogP contribution in [0.25, 0.3) is 11.4 Å². The van der Waals surface area contributed by atoms with Gasteiger partial charge in [-0.15, -0.1) is 0 Å². The maximum Gasteiger partial charge on any atom is 0.296 e. The third-order valence-corrected chi connectivity index (χ3v) is 4.09. The summed E-state index contributed by atoms with van der Waals surface area (Å²) in [4.78, 5) is 29.1. The average Bonchev–Trinajstić information content (AvgIpc) is 3.29. The lowest BCUT2D eigenvalue weighted by molar-refractivity contribution is -0.385. The summed E-state index contributed by atoms with van der Waals surface area (Å²) < 4.78 is 5.17. The predicted octanol–water partition coefficient (Wildman–Crippen LogP) is 2.85. The molecule has 1 aliphatic rings. The quantitative estimate of drug-likeness (QED) is 0.538. The molecule has 0 bridgehead atoms. The minimum atomic E-state index is -0.430. The number of nitro benzene ring substituents is 1. The van der Waals surface area contributed by atoms with Crippen molar-refractivity contribution in [1.29, 1.82) is 0 Å². The summed E-state index contributed by atoms with van der Waals surface area (Å²) in [5.41, 5.74) is 2.19. The molecule has 2 aromatic heterocycles. The number of carbonyl (C=O) groups excluding carboxylic acids is 1. The summed E-state index contributed by atoms with van der Waals surface area (Å²) in [5.74, 6) is -0.311. The molecule has 124 valence electrons. The van der Waals surface area contributed by atoms with E-state index in [1.807, 2.05) is 6.07 Å². The molecule has 0 spiro atoms. The van der Waals surface area contributed by atoms with Crippen LogP contribution < -0.4 is 4.90 Å². The van der Waals surface area contributed by atoms with Crippen molar-refractivity contribution >= 4 is 17.3 Å². The SMILES string of the molecule is O=C(c1cc(-c2ccccn2)no1)N1CCc2c1cccc2[N+](=O)[O-]. The van der Waals surface area contributed by atoms with Gasteiger partial charge in [0, 0.05) is 24.9 Å². The van der Waals surface area contributed by atoms with E-state index in [0.717, 1.165) is 0 Å². The number of nitrogens with zero attached hydrogens (tertiary/aromatic N) is 4. The lowest BCUT2D eigenvalue weighted by Gasteiger charge is -2.14. The van der Waals surface area contributed by atoms with Gasteiger partial charge in [0.15, 0.2) is 0 Å². The molecule has 0 aliphatic carbocycles. The molecule has 1 aliphatic heterocycles. The van der Waals surface area contributed by atoms with Gasteiger partial charge in [-0.05, 0) is 24.6 Å². The Morgan fingerprint density at radius 2 is 2.08 bits per heavy atom. The highest BCUT2D eigenvalue weighted by Crippen LogP contribution is 2.35. The summed E-state index contributed by atoms with van der Waals surface area (Å²) >= 11 is 0. The highest BCUT2D eigenvalue weighted by Gasteiger charge is 2.32. The van der Waals surface area contributed by atoms with E-state index < -0.39 is 4.92 Å². The van der Waals surface area contributed by atoms with Crippen LogP contribution in [0.4, 0.5) is 11.4 Å². The Hall–Kier alpha value is -3.55. The summed E-state index contributed by atoms with van der Waals surface area (Å²) in [6, 6.07) is 11.6. The van der Waals surface area contributed by atoms with Gasteiger partial charge in [0.1, 0.15) is 5.69 Å². The lowest BCUT2D eigenvalue weighted by atomic mass is 10.1. The number of rotatable bonds is 3. The van der Waals surface area contributed by atoms with E-state index in [1.165, 1.54) is 17.0 Å². The molecule has 3 heterocycles. The molecule has 0 radical (unpaired) electrons. The van der Waals surface area contributed by atoms with E-state index in [9.17, 15) is 14.9 Å². The molecule has 0 saturated carbocycles. The largest absolute Gasteiger partial charge is 0.350 e. The molecule has 0 atom stereocenters. The smallest absolute Gasteiger partial charge is 0.296 e. The van der Waals surface area contributed by atoms with Gasteiger partial charge in [-0.25, -0.2) is 0 Å². The van der Waals surface area contributed by atoms with Crippen LogP contribution in [0.3, 0.4) is 0 Å². The second-order valence-electron chi connectivity index (χ2n) is 5.53. The van der Waals surface area contributed by atoms with E-state index in [-0.39, 0.29) is 17.4 Å². The van der Waals surface area contributed by atoms with E-state index in [4.69, 9.17) is 4.52 Å². The first-order chi connectivity index (χ1) is 12.1. The molecule has 1 aromatic carbocycles. The van der Waals surface area contributed by atoms with Crippen LogP contribution in [0.1, 0.15) is 16.1 Å². The average molecular weight is 336 g/mol. The maximum atomic E-state index is 12.7. The minimum Gasteiger partial charge on any atom is -0.350 e. The number of aromatic nitrogens is 2. The number of hydrogen-bond donors (Lipinski definition) is 0. The molecule has 25 heavy (non-hydrogen) atoms. The first-order valence-corrected chi connectivity index (χ1v) is 7.61. The van der Waals surface area contributed by atoms with Crippen LogP contribution in [-0.2, 0) is 6.42 Å². The Kier molecular flexibility index (Phi) is 3.50. The van der Waals surface area contributed by atoms with Crippen molar-refractivity contribution in [3.8, 4) is 11.4 Å². The predicted molar refractivity (Wildman–Crippen MR) is 88.2 cm³/mol. The van der Waals surface area contributed by atoms with Gasteiger partial charge >= 0.3 is 0 Å². The standard InChI is InChI=1S/C17H12N4O4/c22-17(16-10-13(19-25-16)12-4-1-2-8-18-12)20-9-7-11-14(20)5-3-6-15(11)21(23)24/h1-6,8,10H,7,9H2. The molecule has 0 N–H and O–H groups in total.